The van der Waals surface area contributed by atoms with E-state index >= 15 is 0 Å². The van der Waals surface area contributed by atoms with Gasteiger partial charge >= 0.3 is 0 Å². The summed E-state index contributed by atoms with van der Waals surface area (Å²) in [6.45, 7) is 4.96. The van der Waals surface area contributed by atoms with Gasteiger partial charge in [0.05, 0.1) is 0 Å². The first-order chi connectivity index (χ1) is 9.71. The highest BCUT2D eigenvalue weighted by atomic mass is 14.5. The van der Waals surface area contributed by atoms with E-state index in [4.69, 9.17) is 0 Å². The molecule has 0 nitrogen and oxygen atoms in total. The van der Waals surface area contributed by atoms with Gasteiger partial charge in [0.1, 0.15) is 0 Å². The van der Waals surface area contributed by atoms with Crippen molar-refractivity contribution >= 4 is 0 Å². The van der Waals surface area contributed by atoms with E-state index in [9.17, 15) is 0 Å². The Balaban J connectivity index is 1.73. The first kappa shape index (κ1) is 14.9. The summed E-state index contributed by atoms with van der Waals surface area (Å²) in [6.07, 6.45) is 20.1. The van der Waals surface area contributed by atoms with Gasteiger partial charge in [0.2, 0.25) is 0 Å². The average Bonchev–Trinajstić information content (AvgIpc) is 2.49. The van der Waals surface area contributed by atoms with Gasteiger partial charge in [0.15, 0.2) is 0 Å². The fraction of sp³-hybridized carbons (Fsp3) is 1.00. The van der Waals surface area contributed by atoms with Crippen LogP contribution in [0.15, 0.2) is 0 Å². The second kappa shape index (κ2) is 6.41. The molecule has 0 amide bonds. The van der Waals surface area contributed by atoms with Crippen LogP contribution in [0.5, 0.6) is 0 Å². The summed E-state index contributed by atoms with van der Waals surface area (Å²) in [4.78, 5) is 0. The molecule has 3 aliphatic rings. The summed E-state index contributed by atoms with van der Waals surface area (Å²) in [5.74, 6) is 4.21. The van der Waals surface area contributed by atoms with Crippen LogP contribution in [0.4, 0.5) is 0 Å². The quantitative estimate of drug-likeness (QED) is 0.533. The molecule has 0 aromatic carbocycles. The predicted molar refractivity (Wildman–Crippen MR) is 87.8 cm³/mol. The summed E-state index contributed by atoms with van der Waals surface area (Å²) < 4.78 is 0. The molecule has 0 bridgehead atoms. The first-order valence-corrected chi connectivity index (χ1v) is 9.71. The molecule has 0 aliphatic heterocycles. The van der Waals surface area contributed by atoms with Crippen molar-refractivity contribution in [3.05, 3.63) is 0 Å². The Labute approximate surface area is 127 Å². The second-order valence-corrected chi connectivity index (χ2v) is 8.71. The maximum atomic E-state index is 2.48. The zero-order chi connectivity index (χ0) is 14.0. The highest BCUT2D eigenvalue weighted by Crippen LogP contribution is 2.57. The lowest BCUT2D eigenvalue weighted by molar-refractivity contribution is -0.0228. The van der Waals surface area contributed by atoms with Crippen LogP contribution in [0.25, 0.3) is 0 Å². The number of rotatable bonds is 2. The summed E-state index contributed by atoms with van der Waals surface area (Å²) in [5, 5.41) is 0. The molecule has 0 saturated heterocycles. The van der Waals surface area contributed by atoms with E-state index in [0.29, 0.717) is 0 Å². The van der Waals surface area contributed by atoms with E-state index in [1.165, 1.54) is 44.9 Å². The van der Waals surface area contributed by atoms with Crippen molar-refractivity contribution in [3.8, 4) is 0 Å². The maximum absolute atomic E-state index is 2.48. The van der Waals surface area contributed by atoms with Crippen molar-refractivity contribution in [1.29, 1.82) is 0 Å². The minimum absolute atomic E-state index is 0.790. The highest BCUT2D eigenvalue weighted by molar-refractivity contribution is 4.96. The van der Waals surface area contributed by atoms with Crippen molar-refractivity contribution in [3.63, 3.8) is 0 Å². The standard InChI is InChI=1S/C20H36/c1-16-6-10-18(11-7-16)20(14-4-3-5-15-20)19-12-8-17(2)9-13-19/h16-19H,3-15H2,1-2H3. The van der Waals surface area contributed by atoms with E-state index in [0.717, 1.165) is 29.1 Å². The van der Waals surface area contributed by atoms with Gasteiger partial charge in [0.25, 0.3) is 0 Å². The Kier molecular flexibility index (Phi) is 4.78. The molecule has 3 fully saturated rings. The topological polar surface area (TPSA) is 0 Å². The van der Waals surface area contributed by atoms with E-state index in [-0.39, 0.29) is 0 Å². The molecular weight excluding hydrogens is 240 g/mol. The van der Waals surface area contributed by atoms with Crippen LogP contribution in [-0.2, 0) is 0 Å². The smallest absolute Gasteiger partial charge is 0.0241 e. The monoisotopic (exact) mass is 276 g/mol. The van der Waals surface area contributed by atoms with Crippen molar-refractivity contribution in [2.45, 2.75) is 97.3 Å². The van der Waals surface area contributed by atoms with Gasteiger partial charge in [-0.2, -0.15) is 0 Å². The Morgan fingerprint density at radius 1 is 0.550 bits per heavy atom. The molecule has 0 unspecified atom stereocenters. The molecule has 0 N–H and O–H groups in total. The van der Waals surface area contributed by atoms with Gasteiger partial charge in [-0.3, -0.25) is 0 Å². The van der Waals surface area contributed by atoms with Gasteiger partial charge in [-0.05, 0) is 67.6 Å². The van der Waals surface area contributed by atoms with Gasteiger partial charge in [0, 0.05) is 0 Å². The molecule has 0 aromatic heterocycles. The SMILES string of the molecule is CC1CCC(C2(C3CCC(C)CC3)CCCCC2)CC1. The van der Waals surface area contributed by atoms with Crippen LogP contribution >= 0.6 is 0 Å². The fourth-order valence-electron chi connectivity index (χ4n) is 6.03. The van der Waals surface area contributed by atoms with Gasteiger partial charge in [-0.1, -0.05) is 58.8 Å². The van der Waals surface area contributed by atoms with Crippen LogP contribution in [-0.4, -0.2) is 0 Å². The van der Waals surface area contributed by atoms with Crippen LogP contribution in [0.2, 0.25) is 0 Å². The Morgan fingerprint density at radius 3 is 1.35 bits per heavy atom. The third-order valence-corrected chi connectivity index (χ3v) is 7.44. The lowest BCUT2D eigenvalue weighted by Gasteiger charge is -2.53. The van der Waals surface area contributed by atoms with Crippen LogP contribution in [0.3, 0.4) is 0 Å². The predicted octanol–water partition coefficient (Wildman–Crippen LogP) is 6.59. The zero-order valence-corrected chi connectivity index (χ0v) is 14.0. The minimum atomic E-state index is 0.790. The average molecular weight is 277 g/mol. The number of hydrogen-bond acceptors (Lipinski definition) is 0. The van der Waals surface area contributed by atoms with Gasteiger partial charge in [-0.15, -0.1) is 0 Å². The summed E-state index contributed by atoms with van der Waals surface area (Å²) in [7, 11) is 0. The Bertz CT molecular complexity index is 259. The Morgan fingerprint density at radius 2 is 0.950 bits per heavy atom. The van der Waals surface area contributed by atoms with Crippen molar-refractivity contribution in [1.82, 2.24) is 0 Å². The Hall–Kier alpha value is 0. The van der Waals surface area contributed by atoms with Crippen molar-refractivity contribution in [2.24, 2.45) is 29.1 Å². The van der Waals surface area contributed by atoms with Gasteiger partial charge in [-0.25, -0.2) is 0 Å². The molecule has 0 heteroatoms. The van der Waals surface area contributed by atoms with E-state index in [2.05, 4.69) is 13.8 Å². The molecule has 116 valence electrons. The lowest BCUT2D eigenvalue weighted by Crippen LogP contribution is -2.42. The number of hydrogen-bond donors (Lipinski definition) is 0. The van der Waals surface area contributed by atoms with Crippen LogP contribution in [0.1, 0.15) is 97.3 Å². The normalized spacial score (nSPS) is 42.3. The van der Waals surface area contributed by atoms with Crippen LogP contribution < -0.4 is 0 Å². The third-order valence-electron chi connectivity index (χ3n) is 7.44. The third kappa shape index (κ3) is 2.95. The fourth-order valence-corrected chi connectivity index (χ4v) is 6.03. The molecule has 3 rings (SSSR count). The van der Waals surface area contributed by atoms with Crippen LogP contribution in [0, 0.1) is 29.1 Å². The summed E-state index contributed by atoms with van der Waals surface area (Å²) >= 11 is 0. The molecule has 0 radical (unpaired) electrons. The highest BCUT2D eigenvalue weighted by Gasteiger charge is 2.46. The largest absolute Gasteiger partial charge is 0.0625 e. The van der Waals surface area contributed by atoms with E-state index in [1.54, 1.807) is 38.5 Å². The molecule has 20 heavy (non-hydrogen) atoms. The molecule has 0 heterocycles. The first-order valence-electron chi connectivity index (χ1n) is 9.71. The second-order valence-electron chi connectivity index (χ2n) is 8.71. The van der Waals surface area contributed by atoms with Crippen molar-refractivity contribution in [2.75, 3.05) is 0 Å². The molecule has 3 saturated carbocycles. The minimum Gasteiger partial charge on any atom is -0.0625 e. The summed E-state index contributed by atoms with van der Waals surface area (Å²) in [6, 6.07) is 0. The molecular formula is C20H36. The summed E-state index contributed by atoms with van der Waals surface area (Å²) in [5.41, 5.74) is 0.790. The maximum Gasteiger partial charge on any atom is -0.0241 e. The van der Waals surface area contributed by atoms with E-state index in [1.807, 2.05) is 0 Å². The molecule has 0 atom stereocenters. The lowest BCUT2D eigenvalue weighted by atomic mass is 9.52. The van der Waals surface area contributed by atoms with E-state index < -0.39 is 0 Å². The zero-order valence-electron chi connectivity index (χ0n) is 14.0. The molecule has 0 spiro atoms. The van der Waals surface area contributed by atoms with Crippen molar-refractivity contribution < 1.29 is 0 Å². The van der Waals surface area contributed by atoms with Gasteiger partial charge < -0.3 is 0 Å². The molecule has 0 aromatic rings. The molecule has 3 aliphatic carbocycles.